The average molecular weight is 308 g/mol. The molecule has 1 spiro atoms. The highest BCUT2D eigenvalue weighted by Crippen LogP contribution is 2.43. The van der Waals surface area contributed by atoms with Gasteiger partial charge in [0, 0.05) is 31.6 Å². The monoisotopic (exact) mass is 308 g/mol. The van der Waals surface area contributed by atoms with E-state index in [1.54, 1.807) is 0 Å². The lowest BCUT2D eigenvalue weighted by molar-refractivity contribution is -0.140. The molecule has 0 aromatic heterocycles. The minimum absolute atomic E-state index is 0.322. The smallest absolute Gasteiger partial charge is 0.243 e. The van der Waals surface area contributed by atoms with Crippen LogP contribution in [-0.2, 0) is 4.79 Å². The molecule has 2 aliphatic heterocycles. The van der Waals surface area contributed by atoms with Crippen LogP contribution in [0.3, 0.4) is 0 Å². The Bertz CT molecular complexity index is 404. The van der Waals surface area contributed by atoms with Crippen molar-refractivity contribution in [2.75, 3.05) is 13.1 Å². The minimum atomic E-state index is -0.395. The maximum atomic E-state index is 13.3. The van der Waals surface area contributed by atoms with Gasteiger partial charge in [-0.15, -0.1) is 0 Å². The number of hydrogen-bond donors (Lipinski definition) is 1. The van der Waals surface area contributed by atoms with Crippen LogP contribution in [0.15, 0.2) is 0 Å². The fourth-order valence-electron chi connectivity index (χ4n) is 5.18. The van der Waals surface area contributed by atoms with Gasteiger partial charge in [-0.05, 0) is 32.1 Å². The lowest BCUT2D eigenvalue weighted by Crippen LogP contribution is -2.55. The van der Waals surface area contributed by atoms with Crippen molar-refractivity contribution in [1.82, 2.24) is 9.80 Å². The highest BCUT2D eigenvalue weighted by atomic mass is 16.3. The van der Waals surface area contributed by atoms with Gasteiger partial charge in [-0.2, -0.15) is 0 Å². The molecule has 1 amide bonds. The third-order valence-corrected chi connectivity index (χ3v) is 6.35. The lowest BCUT2D eigenvalue weighted by Gasteiger charge is -2.39. The molecule has 126 valence electrons. The average Bonchev–Trinajstić information content (AvgIpc) is 3.03. The highest BCUT2D eigenvalue weighted by molar-refractivity contribution is 5.89. The second-order valence-corrected chi connectivity index (χ2v) is 7.55. The Morgan fingerprint density at radius 2 is 1.91 bits per heavy atom. The van der Waals surface area contributed by atoms with Crippen molar-refractivity contribution in [3.8, 4) is 0 Å². The Balaban J connectivity index is 1.80. The number of aliphatic hydroxyl groups is 1. The van der Waals surface area contributed by atoms with E-state index in [1.165, 1.54) is 32.1 Å². The van der Waals surface area contributed by atoms with Gasteiger partial charge in [0.15, 0.2) is 0 Å². The fourth-order valence-corrected chi connectivity index (χ4v) is 5.18. The van der Waals surface area contributed by atoms with Gasteiger partial charge in [0.1, 0.15) is 5.54 Å². The first-order chi connectivity index (χ1) is 10.6. The van der Waals surface area contributed by atoms with Crippen molar-refractivity contribution in [2.45, 2.75) is 95.4 Å². The van der Waals surface area contributed by atoms with Gasteiger partial charge in [0.05, 0.1) is 6.10 Å². The molecule has 0 radical (unpaired) electrons. The first-order valence-corrected chi connectivity index (χ1v) is 9.38. The number of nitrogens with zero attached hydrogens (tertiary/aromatic N) is 2. The number of carbonyl (C=O) groups is 1. The normalized spacial score (nSPS) is 34.5. The van der Waals surface area contributed by atoms with Gasteiger partial charge >= 0.3 is 0 Å². The molecule has 3 aliphatic rings. The lowest BCUT2D eigenvalue weighted by atomic mass is 9.90. The number of likely N-dealkylation sites (tertiary alicyclic amines) is 2. The number of rotatable bonds is 4. The second-order valence-electron chi connectivity index (χ2n) is 7.55. The van der Waals surface area contributed by atoms with E-state index in [4.69, 9.17) is 0 Å². The van der Waals surface area contributed by atoms with Crippen LogP contribution >= 0.6 is 0 Å². The van der Waals surface area contributed by atoms with Crippen molar-refractivity contribution in [2.24, 2.45) is 0 Å². The van der Waals surface area contributed by atoms with Gasteiger partial charge in [-0.3, -0.25) is 9.69 Å². The number of amides is 1. The quantitative estimate of drug-likeness (QED) is 0.868. The predicted molar refractivity (Wildman–Crippen MR) is 87.6 cm³/mol. The molecule has 2 atom stereocenters. The minimum Gasteiger partial charge on any atom is -0.392 e. The van der Waals surface area contributed by atoms with Gasteiger partial charge < -0.3 is 10.0 Å². The van der Waals surface area contributed by atoms with E-state index in [0.717, 1.165) is 25.8 Å². The molecule has 22 heavy (non-hydrogen) atoms. The van der Waals surface area contributed by atoms with Crippen LogP contribution in [0.1, 0.15) is 71.6 Å². The van der Waals surface area contributed by atoms with E-state index in [9.17, 15) is 9.90 Å². The summed E-state index contributed by atoms with van der Waals surface area (Å²) in [6.45, 7) is 5.97. The fraction of sp³-hybridized carbons (Fsp3) is 0.944. The molecular weight excluding hydrogens is 276 g/mol. The standard InChI is InChI=1S/C18H32N2O2/c1-3-14(4-2)20-13-16(21)12-18(20)10-11-19(17(18)22)15-8-6-5-7-9-15/h14-16,21H,3-13H2,1-2H3. The molecule has 3 fully saturated rings. The van der Waals surface area contributed by atoms with Gasteiger partial charge in [0.25, 0.3) is 0 Å². The zero-order valence-electron chi connectivity index (χ0n) is 14.3. The molecular formula is C18H32N2O2. The van der Waals surface area contributed by atoms with Crippen molar-refractivity contribution in [3.05, 3.63) is 0 Å². The number of β-amino-alcohol motifs (C(OH)–C–C–N with tert-alkyl or cyclic N) is 1. The molecule has 2 saturated heterocycles. The van der Waals surface area contributed by atoms with E-state index in [-0.39, 0.29) is 6.10 Å². The molecule has 0 bridgehead atoms. The van der Waals surface area contributed by atoms with Crippen molar-refractivity contribution < 1.29 is 9.90 Å². The van der Waals surface area contributed by atoms with Crippen LogP contribution in [0.4, 0.5) is 0 Å². The van der Waals surface area contributed by atoms with E-state index >= 15 is 0 Å². The summed E-state index contributed by atoms with van der Waals surface area (Å²) < 4.78 is 0. The molecule has 1 aliphatic carbocycles. The zero-order chi connectivity index (χ0) is 15.7. The SMILES string of the molecule is CCC(CC)N1CC(O)CC12CCN(C1CCCCC1)C2=O. The molecule has 4 heteroatoms. The summed E-state index contributed by atoms with van der Waals surface area (Å²) in [5.41, 5.74) is -0.395. The topological polar surface area (TPSA) is 43.8 Å². The van der Waals surface area contributed by atoms with Gasteiger partial charge in [0.2, 0.25) is 5.91 Å². The highest BCUT2D eigenvalue weighted by Gasteiger charge is 2.57. The van der Waals surface area contributed by atoms with Crippen molar-refractivity contribution >= 4 is 5.91 Å². The predicted octanol–water partition coefficient (Wildman–Crippen LogP) is 2.55. The Kier molecular flexibility index (Phi) is 4.79. The number of hydrogen-bond acceptors (Lipinski definition) is 3. The Hall–Kier alpha value is -0.610. The zero-order valence-corrected chi connectivity index (χ0v) is 14.3. The third-order valence-electron chi connectivity index (χ3n) is 6.35. The van der Waals surface area contributed by atoms with Crippen LogP contribution in [0.5, 0.6) is 0 Å². The number of carbonyl (C=O) groups excluding carboxylic acids is 1. The summed E-state index contributed by atoms with van der Waals surface area (Å²) in [5, 5.41) is 10.3. The molecule has 4 nitrogen and oxygen atoms in total. The van der Waals surface area contributed by atoms with Crippen LogP contribution in [0.25, 0.3) is 0 Å². The van der Waals surface area contributed by atoms with Gasteiger partial charge in [-0.25, -0.2) is 0 Å². The summed E-state index contributed by atoms with van der Waals surface area (Å²) in [7, 11) is 0. The summed E-state index contributed by atoms with van der Waals surface area (Å²) in [6, 6.07) is 0.884. The first kappa shape index (κ1) is 16.3. The van der Waals surface area contributed by atoms with Gasteiger partial charge in [-0.1, -0.05) is 33.1 Å². The molecule has 0 aromatic rings. The summed E-state index contributed by atoms with van der Waals surface area (Å²) in [5.74, 6) is 0.322. The summed E-state index contributed by atoms with van der Waals surface area (Å²) >= 11 is 0. The summed E-state index contributed by atoms with van der Waals surface area (Å²) in [6.07, 6.45) is 9.54. The maximum Gasteiger partial charge on any atom is 0.243 e. The van der Waals surface area contributed by atoms with E-state index in [2.05, 4.69) is 23.6 Å². The molecule has 2 unspecified atom stereocenters. The maximum absolute atomic E-state index is 13.3. The molecule has 2 heterocycles. The largest absolute Gasteiger partial charge is 0.392 e. The second kappa shape index (κ2) is 6.48. The number of aliphatic hydroxyl groups excluding tert-OH is 1. The van der Waals surface area contributed by atoms with Crippen molar-refractivity contribution in [1.29, 1.82) is 0 Å². The third kappa shape index (κ3) is 2.58. The van der Waals surface area contributed by atoms with E-state index in [0.29, 0.717) is 31.0 Å². The Morgan fingerprint density at radius 3 is 2.55 bits per heavy atom. The Morgan fingerprint density at radius 1 is 1.23 bits per heavy atom. The first-order valence-electron chi connectivity index (χ1n) is 9.38. The van der Waals surface area contributed by atoms with Crippen LogP contribution in [0.2, 0.25) is 0 Å². The van der Waals surface area contributed by atoms with Crippen LogP contribution in [-0.4, -0.2) is 57.6 Å². The van der Waals surface area contributed by atoms with Crippen molar-refractivity contribution in [3.63, 3.8) is 0 Å². The van der Waals surface area contributed by atoms with Crippen LogP contribution < -0.4 is 0 Å². The molecule has 1 saturated carbocycles. The molecule has 3 rings (SSSR count). The molecule has 0 aromatic carbocycles. The Labute approximate surface area is 134 Å². The van der Waals surface area contributed by atoms with E-state index < -0.39 is 5.54 Å². The van der Waals surface area contributed by atoms with E-state index in [1.807, 2.05) is 0 Å². The molecule has 1 N–H and O–H groups in total. The summed E-state index contributed by atoms with van der Waals surface area (Å²) in [4.78, 5) is 17.8. The van der Waals surface area contributed by atoms with Crippen LogP contribution in [0, 0.1) is 0 Å².